The van der Waals surface area contributed by atoms with Gasteiger partial charge in [-0.2, -0.15) is 13.2 Å². The van der Waals surface area contributed by atoms with E-state index < -0.39 is 23.4 Å². The zero-order chi connectivity index (χ0) is 24.2. The number of hydrogen-bond donors (Lipinski definition) is 1. The number of carbonyl (C=O) groups is 1. The highest BCUT2D eigenvalue weighted by Gasteiger charge is 2.34. The monoisotopic (exact) mass is 472 g/mol. The van der Waals surface area contributed by atoms with E-state index in [9.17, 15) is 23.1 Å². The fourth-order valence-corrected chi connectivity index (χ4v) is 3.73. The summed E-state index contributed by atoms with van der Waals surface area (Å²) in [5, 5.41) is 10.9. The Labute approximate surface area is 194 Å². The largest absolute Gasteiger partial charge is 0.439 e. The SMILES string of the molecule is O=C(Oc1ccc(Oc2ccc(C(F)(F)F)cn2)cc1)N1CCC(O)(Cc2ccccc2)CC1. The summed E-state index contributed by atoms with van der Waals surface area (Å²) in [5.41, 5.74) is -0.670. The summed E-state index contributed by atoms with van der Waals surface area (Å²) < 4.78 is 48.7. The number of nitrogens with zero attached hydrogens (tertiary/aromatic N) is 2. The van der Waals surface area contributed by atoms with Crippen molar-refractivity contribution in [3.63, 3.8) is 0 Å². The molecular weight excluding hydrogens is 449 g/mol. The predicted molar refractivity (Wildman–Crippen MR) is 118 cm³/mol. The first-order chi connectivity index (χ1) is 16.2. The molecule has 1 N–H and O–H groups in total. The maximum absolute atomic E-state index is 12.6. The topological polar surface area (TPSA) is 71.9 Å². The van der Waals surface area contributed by atoms with E-state index in [1.54, 1.807) is 4.90 Å². The Morgan fingerprint density at radius 2 is 1.62 bits per heavy atom. The maximum atomic E-state index is 12.6. The number of benzene rings is 2. The number of amides is 1. The molecule has 2 heterocycles. The summed E-state index contributed by atoms with van der Waals surface area (Å²) in [4.78, 5) is 17.7. The van der Waals surface area contributed by atoms with E-state index >= 15 is 0 Å². The van der Waals surface area contributed by atoms with Gasteiger partial charge in [-0.3, -0.25) is 0 Å². The number of ether oxygens (including phenoxy) is 2. The Kier molecular flexibility index (Phi) is 6.74. The summed E-state index contributed by atoms with van der Waals surface area (Å²) in [6.07, 6.45) is -2.85. The van der Waals surface area contributed by atoms with E-state index in [1.807, 2.05) is 30.3 Å². The predicted octanol–water partition coefficient (Wildman–Crippen LogP) is 5.46. The molecule has 2 aromatic carbocycles. The van der Waals surface area contributed by atoms with Gasteiger partial charge in [-0.1, -0.05) is 30.3 Å². The number of carbonyl (C=O) groups excluding carboxylic acids is 1. The van der Waals surface area contributed by atoms with Crippen LogP contribution in [0.2, 0.25) is 0 Å². The van der Waals surface area contributed by atoms with Crippen LogP contribution in [0.5, 0.6) is 17.4 Å². The first kappa shape index (κ1) is 23.6. The molecule has 0 saturated carbocycles. The molecule has 6 nitrogen and oxygen atoms in total. The van der Waals surface area contributed by atoms with Crippen molar-refractivity contribution in [1.82, 2.24) is 9.88 Å². The molecule has 1 aromatic heterocycles. The normalized spacial score (nSPS) is 15.6. The number of alkyl halides is 3. The quantitative estimate of drug-likeness (QED) is 0.534. The summed E-state index contributed by atoms with van der Waals surface area (Å²) in [6.45, 7) is 0.756. The number of aromatic nitrogens is 1. The van der Waals surface area contributed by atoms with Crippen LogP contribution in [0, 0.1) is 0 Å². The second-order valence-corrected chi connectivity index (χ2v) is 8.20. The molecule has 4 rings (SSSR count). The van der Waals surface area contributed by atoms with Crippen molar-refractivity contribution < 1.29 is 32.5 Å². The maximum Gasteiger partial charge on any atom is 0.417 e. The minimum atomic E-state index is -4.47. The van der Waals surface area contributed by atoms with Crippen molar-refractivity contribution >= 4 is 6.09 Å². The molecule has 0 atom stereocenters. The van der Waals surface area contributed by atoms with Crippen LogP contribution in [-0.4, -0.2) is 39.8 Å². The van der Waals surface area contributed by atoms with E-state index in [0.717, 1.165) is 17.7 Å². The molecule has 1 amide bonds. The van der Waals surface area contributed by atoms with Crippen LogP contribution in [-0.2, 0) is 12.6 Å². The Hall–Kier alpha value is -3.59. The Morgan fingerprint density at radius 1 is 0.971 bits per heavy atom. The van der Waals surface area contributed by atoms with Gasteiger partial charge in [0.15, 0.2) is 0 Å². The second kappa shape index (κ2) is 9.72. The van der Waals surface area contributed by atoms with Crippen LogP contribution in [0.25, 0.3) is 0 Å². The third kappa shape index (κ3) is 6.05. The van der Waals surface area contributed by atoms with Gasteiger partial charge in [0.2, 0.25) is 5.88 Å². The lowest BCUT2D eigenvalue weighted by atomic mass is 9.85. The van der Waals surface area contributed by atoms with Crippen LogP contribution < -0.4 is 9.47 Å². The van der Waals surface area contributed by atoms with E-state index in [2.05, 4.69) is 4.98 Å². The van der Waals surface area contributed by atoms with Crippen molar-refractivity contribution in [2.75, 3.05) is 13.1 Å². The molecule has 1 saturated heterocycles. The van der Waals surface area contributed by atoms with Crippen molar-refractivity contribution in [3.8, 4) is 17.4 Å². The van der Waals surface area contributed by atoms with Crippen LogP contribution >= 0.6 is 0 Å². The standard InChI is InChI=1S/C25H23F3N2O4/c26-25(27,28)19-6-11-22(29-17-19)33-20-7-9-21(10-8-20)34-23(31)30-14-12-24(32,13-15-30)16-18-4-2-1-3-5-18/h1-11,17,32H,12-16H2. The molecule has 0 radical (unpaired) electrons. The molecular formula is C25H23F3N2O4. The summed E-state index contributed by atoms with van der Waals surface area (Å²) in [5.74, 6) is 0.632. The Bertz CT molecular complexity index is 1100. The molecule has 0 aliphatic carbocycles. The van der Waals surface area contributed by atoms with Crippen molar-refractivity contribution in [2.45, 2.75) is 31.0 Å². The fourth-order valence-electron chi connectivity index (χ4n) is 3.73. The summed E-state index contributed by atoms with van der Waals surface area (Å²) in [6, 6.07) is 17.8. The Balaban J connectivity index is 1.28. The number of piperidine rings is 1. The van der Waals surface area contributed by atoms with Gasteiger partial charge in [-0.15, -0.1) is 0 Å². The first-order valence-electron chi connectivity index (χ1n) is 10.7. The molecule has 1 fully saturated rings. The zero-order valence-electron chi connectivity index (χ0n) is 18.2. The minimum absolute atomic E-state index is 0.00838. The summed E-state index contributed by atoms with van der Waals surface area (Å²) >= 11 is 0. The molecule has 178 valence electrons. The van der Waals surface area contributed by atoms with Crippen LogP contribution in [0.15, 0.2) is 72.9 Å². The van der Waals surface area contributed by atoms with E-state index in [0.29, 0.717) is 50.0 Å². The molecule has 0 bridgehead atoms. The minimum Gasteiger partial charge on any atom is -0.439 e. The first-order valence-corrected chi connectivity index (χ1v) is 10.7. The third-order valence-electron chi connectivity index (χ3n) is 5.64. The lowest BCUT2D eigenvalue weighted by Gasteiger charge is -2.37. The third-order valence-corrected chi connectivity index (χ3v) is 5.64. The number of halogens is 3. The average Bonchev–Trinajstić information content (AvgIpc) is 2.81. The van der Waals surface area contributed by atoms with Crippen LogP contribution in [0.3, 0.4) is 0 Å². The van der Waals surface area contributed by atoms with Gasteiger partial charge in [0.25, 0.3) is 0 Å². The number of likely N-dealkylation sites (tertiary alicyclic amines) is 1. The van der Waals surface area contributed by atoms with Crippen molar-refractivity contribution in [2.24, 2.45) is 0 Å². The smallest absolute Gasteiger partial charge is 0.417 e. The molecule has 1 aliphatic heterocycles. The van der Waals surface area contributed by atoms with Gasteiger partial charge in [0.05, 0.1) is 11.2 Å². The lowest BCUT2D eigenvalue weighted by molar-refractivity contribution is -0.137. The highest BCUT2D eigenvalue weighted by molar-refractivity contribution is 5.70. The lowest BCUT2D eigenvalue weighted by Crippen LogP contribution is -2.48. The second-order valence-electron chi connectivity index (χ2n) is 8.20. The molecule has 34 heavy (non-hydrogen) atoms. The fraction of sp³-hybridized carbons (Fsp3) is 0.280. The molecule has 9 heteroatoms. The van der Waals surface area contributed by atoms with Gasteiger partial charge >= 0.3 is 12.3 Å². The molecule has 0 unspecified atom stereocenters. The van der Waals surface area contributed by atoms with Gasteiger partial charge in [-0.25, -0.2) is 9.78 Å². The number of pyridine rings is 1. The number of aliphatic hydroxyl groups is 1. The molecule has 0 spiro atoms. The van der Waals surface area contributed by atoms with Crippen LogP contribution in [0.4, 0.5) is 18.0 Å². The van der Waals surface area contributed by atoms with E-state index in [4.69, 9.17) is 9.47 Å². The van der Waals surface area contributed by atoms with Crippen molar-refractivity contribution in [3.05, 3.63) is 84.1 Å². The van der Waals surface area contributed by atoms with Gasteiger partial charge in [0, 0.05) is 31.8 Å². The van der Waals surface area contributed by atoms with Crippen molar-refractivity contribution in [1.29, 1.82) is 0 Å². The van der Waals surface area contributed by atoms with E-state index in [-0.39, 0.29) is 5.88 Å². The number of hydrogen-bond acceptors (Lipinski definition) is 5. The highest BCUT2D eigenvalue weighted by atomic mass is 19.4. The Morgan fingerprint density at radius 3 is 2.21 bits per heavy atom. The van der Waals surface area contributed by atoms with Gasteiger partial charge in [0.1, 0.15) is 11.5 Å². The molecule has 3 aromatic rings. The molecule has 1 aliphatic rings. The van der Waals surface area contributed by atoms with E-state index in [1.165, 1.54) is 24.3 Å². The average molecular weight is 472 g/mol. The van der Waals surface area contributed by atoms with Crippen LogP contribution in [0.1, 0.15) is 24.0 Å². The van der Waals surface area contributed by atoms with Gasteiger partial charge in [-0.05, 0) is 48.7 Å². The zero-order valence-corrected chi connectivity index (χ0v) is 18.2. The summed E-state index contributed by atoms with van der Waals surface area (Å²) in [7, 11) is 0. The highest BCUT2D eigenvalue weighted by Crippen LogP contribution is 2.31. The van der Waals surface area contributed by atoms with Gasteiger partial charge < -0.3 is 19.5 Å². The number of rotatable bonds is 5.